The molecule has 0 bridgehead atoms. The van der Waals surface area contributed by atoms with Crippen LogP contribution in [-0.4, -0.2) is 44.1 Å². The minimum atomic E-state index is 0.0783. The van der Waals surface area contributed by atoms with Crippen LogP contribution in [0.1, 0.15) is 46.3 Å². The summed E-state index contributed by atoms with van der Waals surface area (Å²) in [7, 11) is 0. The van der Waals surface area contributed by atoms with Gasteiger partial charge in [0.2, 0.25) is 5.89 Å². The van der Waals surface area contributed by atoms with Crippen LogP contribution < -0.4 is 0 Å². The number of aromatic nitrogens is 4. The lowest BCUT2D eigenvalue weighted by Gasteiger charge is -2.30. The van der Waals surface area contributed by atoms with Crippen molar-refractivity contribution in [1.29, 1.82) is 0 Å². The number of piperidine rings is 1. The van der Waals surface area contributed by atoms with E-state index >= 15 is 0 Å². The van der Waals surface area contributed by atoms with E-state index in [1.54, 1.807) is 12.4 Å². The first-order valence-electron chi connectivity index (χ1n) is 9.08. The first-order chi connectivity index (χ1) is 13.1. The maximum atomic E-state index is 12.6. The molecule has 0 saturated carbocycles. The molecule has 7 nitrogen and oxygen atoms in total. The van der Waals surface area contributed by atoms with Gasteiger partial charge in [0.1, 0.15) is 5.69 Å². The number of hydrogen-bond donors (Lipinski definition) is 0. The van der Waals surface area contributed by atoms with Gasteiger partial charge in [-0.05, 0) is 38.8 Å². The number of carbonyl (C=O) groups excluding carboxylic acids is 1. The lowest BCUT2D eigenvalue weighted by atomic mass is 9.96. The van der Waals surface area contributed by atoms with Crippen LogP contribution in [-0.2, 0) is 0 Å². The summed E-state index contributed by atoms with van der Waals surface area (Å²) in [6.45, 7) is 5.25. The SMILES string of the molecule is Cc1ccc(C(=O)N2CCC(c3nnc(-c4cnc(C)cn4)o3)CC2)cc1. The molecule has 1 aliphatic rings. The topological polar surface area (TPSA) is 85.0 Å². The minimum Gasteiger partial charge on any atom is -0.419 e. The van der Waals surface area contributed by atoms with Crippen LogP contribution >= 0.6 is 0 Å². The molecule has 0 aliphatic carbocycles. The van der Waals surface area contributed by atoms with Gasteiger partial charge in [0.15, 0.2) is 0 Å². The fraction of sp³-hybridized carbons (Fsp3) is 0.350. The summed E-state index contributed by atoms with van der Waals surface area (Å²) < 4.78 is 5.81. The van der Waals surface area contributed by atoms with Gasteiger partial charge in [0, 0.05) is 30.8 Å². The van der Waals surface area contributed by atoms with Gasteiger partial charge < -0.3 is 9.32 Å². The van der Waals surface area contributed by atoms with E-state index in [1.165, 1.54) is 0 Å². The van der Waals surface area contributed by atoms with E-state index < -0.39 is 0 Å². The van der Waals surface area contributed by atoms with Gasteiger partial charge in [-0.1, -0.05) is 17.7 Å². The van der Waals surface area contributed by atoms with Crippen LogP contribution in [0.15, 0.2) is 41.1 Å². The first kappa shape index (κ1) is 17.3. The third kappa shape index (κ3) is 3.72. The Hall–Kier alpha value is -3.09. The summed E-state index contributed by atoms with van der Waals surface area (Å²) in [5, 5.41) is 8.29. The fourth-order valence-corrected chi connectivity index (χ4v) is 3.21. The van der Waals surface area contributed by atoms with Crippen molar-refractivity contribution < 1.29 is 9.21 Å². The highest BCUT2D eigenvalue weighted by atomic mass is 16.4. The quantitative estimate of drug-likeness (QED) is 0.710. The molecule has 27 heavy (non-hydrogen) atoms. The molecule has 1 saturated heterocycles. The average molecular weight is 363 g/mol. The van der Waals surface area contributed by atoms with Crippen molar-refractivity contribution in [3.63, 3.8) is 0 Å². The van der Waals surface area contributed by atoms with E-state index in [0.29, 0.717) is 30.6 Å². The van der Waals surface area contributed by atoms with Crippen LogP contribution in [0.5, 0.6) is 0 Å². The van der Waals surface area contributed by atoms with E-state index in [0.717, 1.165) is 29.7 Å². The molecular weight excluding hydrogens is 342 g/mol. The van der Waals surface area contributed by atoms with Crippen molar-refractivity contribution in [2.24, 2.45) is 0 Å². The number of aryl methyl sites for hydroxylation is 2. The molecule has 0 atom stereocenters. The van der Waals surface area contributed by atoms with E-state index in [4.69, 9.17) is 4.42 Å². The van der Waals surface area contributed by atoms with E-state index in [-0.39, 0.29) is 11.8 Å². The molecule has 4 rings (SSSR count). The van der Waals surface area contributed by atoms with Crippen LogP contribution in [0.2, 0.25) is 0 Å². The van der Waals surface area contributed by atoms with Crippen molar-refractivity contribution in [2.75, 3.05) is 13.1 Å². The summed E-state index contributed by atoms with van der Waals surface area (Å²) in [6, 6.07) is 7.70. The number of hydrogen-bond acceptors (Lipinski definition) is 6. The number of nitrogens with zero attached hydrogens (tertiary/aromatic N) is 5. The summed E-state index contributed by atoms with van der Waals surface area (Å²) in [5.74, 6) is 1.23. The lowest BCUT2D eigenvalue weighted by Crippen LogP contribution is -2.38. The lowest BCUT2D eigenvalue weighted by molar-refractivity contribution is 0.0706. The van der Waals surface area contributed by atoms with Crippen LogP contribution in [0.3, 0.4) is 0 Å². The Bertz CT molecular complexity index is 926. The molecule has 2 aromatic heterocycles. The molecule has 138 valence electrons. The van der Waals surface area contributed by atoms with E-state index in [2.05, 4.69) is 20.2 Å². The van der Waals surface area contributed by atoms with Crippen molar-refractivity contribution >= 4 is 5.91 Å². The monoisotopic (exact) mass is 363 g/mol. The second-order valence-corrected chi connectivity index (χ2v) is 6.92. The van der Waals surface area contributed by atoms with E-state index in [1.807, 2.05) is 43.0 Å². The summed E-state index contributed by atoms with van der Waals surface area (Å²) >= 11 is 0. The molecule has 3 heterocycles. The molecule has 0 N–H and O–H groups in total. The maximum Gasteiger partial charge on any atom is 0.267 e. The molecule has 1 amide bonds. The van der Waals surface area contributed by atoms with Crippen molar-refractivity contribution in [3.8, 4) is 11.6 Å². The molecular formula is C20H21N5O2. The summed E-state index contributed by atoms with van der Waals surface area (Å²) in [4.78, 5) is 23.0. The van der Waals surface area contributed by atoms with Crippen LogP contribution in [0.25, 0.3) is 11.6 Å². The van der Waals surface area contributed by atoms with Gasteiger partial charge in [-0.25, -0.2) is 4.98 Å². The third-order valence-corrected chi connectivity index (χ3v) is 4.87. The summed E-state index contributed by atoms with van der Waals surface area (Å²) in [5.41, 5.74) is 3.29. The van der Waals surface area contributed by atoms with Crippen LogP contribution in [0.4, 0.5) is 0 Å². The molecule has 3 aromatic rings. The van der Waals surface area contributed by atoms with Gasteiger partial charge in [0.05, 0.1) is 11.9 Å². The second-order valence-electron chi connectivity index (χ2n) is 6.92. The Morgan fingerprint density at radius 3 is 2.44 bits per heavy atom. The largest absolute Gasteiger partial charge is 0.419 e. The highest BCUT2D eigenvalue weighted by Gasteiger charge is 2.28. The first-order valence-corrected chi connectivity index (χ1v) is 9.08. The predicted octanol–water partition coefficient (Wildman–Crippen LogP) is 3.16. The zero-order valence-electron chi connectivity index (χ0n) is 15.4. The third-order valence-electron chi connectivity index (χ3n) is 4.87. The Morgan fingerprint density at radius 2 is 1.78 bits per heavy atom. The minimum absolute atomic E-state index is 0.0783. The Balaban J connectivity index is 1.40. The van der Waals surface area contributed by atoms with Crippen LogP contribution in [0, 0.1) is 13.8 Å². The Labute approximate surface area is 157 Å². The predicted molar refractivity (Wildman–Crippen MR) is 99.1 cm³/mol. The van der Waals surface area contributed by atoms with Gasteiger partial charge in [0.25, 0.3) is 11.8 Å². The Kier molecular flexibility index (Phi) is 4.66. The molecule has 0 radical (unpaired) electrons. The molecule has 7 heteroatoms. The standard InChI is InChI=1S/C20H21N5O2/c1-13-3-5-16(6-4-13)20(26)25-9-7-15(8-10-25)18-23-24-19(27-18)17-12-21-14(2)11-22-17/h3-6,11-12,15H,7-10H2,1-2H3. The van der Waals surface area contributed by atoms with Gasteiger partial charge in [-0.2, -0.15) is 0 Å². The van der Waals surface area contributed by atoms with Gasteiger partial charge >= 0.3 is 0 Å². The number of benzene rings is 1. The van der Waals surface area contributed by atoms with Crippen molar-refractivity contribution in [2.45, 2.75) is 32.6 Å². The fourth-order valence-electron chi connectivity index (χ4n) is 3.21. The highest BCUT2D eigenvalue weighted by Crippen LogP contribution is 2.29. The average Bonchev–Trinajstić information content (AvgIpc) is 3.19. The van der Waals surface area contributed by atoms with Crippen molar-refractivity contribution in [3.05, 3.63) is 59.4 Å². The van der Waals surface area contributed by atoms with Crippen molar-refractivity contribution in [1.82, 2.24) is 25.1 Å². The molecule has 0 spiro atoms. The molecule has 0 unspecified atom stereocenters. The zero-order chi connectivity index (χ0) is 18.8. The smallest absolute Gasteiger partial charge is 0.267 e. The number of likely N-dealkylation sites (tertiary alicyclic amines) is 1. The molecule has 1 aliphatic heterocycles. The molecule has 1 fully saturated rings. The van der Waals surface area contributed by atoms with E-state index in [9.17, 15) is 4.79 Å². The zero-order valence-corrected chi connectivity index (χ0v) is 15.4. The normalized spacial score (nSPS) is 15.1. The number of carbonyl (C=O) groups is 1. The van der Waals surface area contributed by atoms with Gasteiger partial charge in [-0.15, -0.1) is 10.2 Å². The van der Waals surface area contributed by atoms with Gasteiger partial charge in [-0.3, -0.25) is 9.78 Å². The number of rotatable bonds is 3. The molecule has 1 aromatic carbocycles. The maximum absolute atomic E-state index is 12.6. The Morgan fingerprint density at radius 1 is 1.04 bits per heavy atom. The summed E-state index contributed by atoms with van der Waals surface area (Å²) in [6.07, 6.45) is 4.92. The highest BCUT2D eigenvalue weighted by molar-refractivity contribution is 5.94. The second kappa shape index (κ2) is 7.26. The number of amides is 1.